The van der Waals surface area contributed by atoms with Crippen LogP contribution in [0, 0.1) is 6.92 Å². The number of methoxy groups -OCH3 is 1. The number of ether oxygens (including phenoxy) is 1. The number of hydrogen-bond acceptors (Lipinski definition) is 7. The van der Waals surface area contributed by atoms with Crippen LogP contribution in [0.1, 0.15) is 18.3 Å². The zero-order valence-electron chi connectivity index (χ0n) is 18.0. The second-order valence-electron chi connectivity index (χ2n) is 6.98. The van der Waals surface area contributed by atoms with Crippen molar-refractivity contribution < 1.29 is 9.53 Å². The first-order valence-corrected chi connectivity index (χ1v) is 11.8. The fraction of sp³-hybridized carbons (Fsp3) is 0.167. The molecular weight excluding hydrogens is 440 g/mol. The standard InChI is InChI=1S/C24H22N4O2S2/c1-16-13-20(18-9-5-4-6-10-18)27-23(25-16)31-14-19-15-32-24(26-19)28(17(2)29)21-11-7-8-12-22(21)30-3/h4-13,15H,14H2,1-3H3. The van der Waals surface area contributed by atoms with Gasteiger partial charge in [-0.2, -0.15) is 0 Å². The zero-order chi connectivity index (χ0) is 22.5. The smallest absolute Gasteiger partial charge is 0.230 e. The third-order valence-corrected chi connectivity index (χ3v) is 6.38. The van der Waals surface area contributed by atoms with Crippen LogP contribution < -0.4 is 9.64 Å². The van der Waals surface area contributed by atoms with Crippen molar-refractivity contribution >= 4 is 39.8 Å². The fourth-order valence-corrected chi connectivity index (χ4v) is 4.97. The summed E-state index contributed by atoms with van der Waals surface area (Å²) >= 11 is 2.95. The van der Waals surface area contributed by atoms with Gasteiger partial charge in [-0.05, 0) is 25.1 Å². The number of benzene rings is 2. The molecule has 0 saturated carbocycles. The van der Waals surface area contributed by atoms with E-state index in [1.807, 2.05) is 73.0 Å². The van der Waals surface area contributed by atoms with Gasteiger partial charge in [-0.1, -0.05) is 54.2 Å². The van der Waals surface area contributed by atoms with E-state index in [1.54, 1.807) is 12.0 Å². The molecule has 0 spiro atoms. The third-order valence-electron chi connectivity index (χ3n) is 4.62. The summed E-state index contributed by atoms with van der Waals surface area (Å²) in [6.45, 7) is 3.49. The molecule has 2 aromatic heterocycles. The van der Waals surface area contributed by atoms with Gasteiger partial charge in [0.25, 0.3) is 0 Å². The summed E-state index contributed by atoms with van der Waals surface area (Å²) in [4.78, 5) is 28.0. The first kappa shape index (κ1) is 22.0. The molecule has 6 nitrogen and oxygen atoms in total. The van der Waals surface area contributed by atoms with Gasteiger partial charge >= 0.3 is 0 Å². The molecule has 4 rings (SSSR count). The summed E-state index contributed by atoms with van der Waals surface area (Å²) in [6.07, 6.45) is 0. The van der Waals surface area contributed by atoms with Crippen molar-refractivity contribution in [2.45, 2.75) is 24.8 Å². The average Bonchev–Trinajstić information content (AvgIpc) is 3.26. The number of nitrogens with zero attached hydrogens (tertiary/aromatic N) is 4. The van der Waals surface area contributed by atoms with Crippen LogP contribution in [-0.2, 0) is 10.5 Å². The van der Waals surface area contributed by atoms with Gasteiger partial charge in [0.1, 0.15) is 5.75 Å². The molecule has 0 aliphatic carbocycles. The van der Waals surface area contributed by atoms with Crippen LogP contribution >= 0.6 is 23.1 Å². The number of carbonyl (C=O) groups is 1. The van der Waals surface area contributed by atoms with Crippen molar-refractivity contribution in [3.63, 3.8) is 0 Å². The molecule has 8 heteroatoms. The Bertz CT molecular complexity index is 1230. The molecule has 2 aromatic carbocycles. The molecule has 0 fully saturated rings. The normalized spacial score (nSPS) is 10.7. The predicted octanol–water partition coefficient (Wildman–Crippen LogP) is 5.89. The number of rotatable bonds is 7. The van der Waals surface area contributed by atoms with E-state index in [1.165, 1.54) is 30.0 Å². The van der Waals surface area contributed by atoms with E-state index in [-0.39, 0.29) is 5.91 Å². The molecule has 162 valence electrons. The van der Waals surface area contributed by atoms with E-state index in [4.69, 9.17) is 14.7 Å². The van der Waals surface area contributed by atoms with E-state index >= 15 is 0 Å². The van der Waals surface area contributed by atoms with E-state index in [9.17, 15) is 4.79 Å². The molecule has 0 unspecified atom stereocenters. The largest absolute Gasteiger partial charge is 0.495 e. The molecule has 32 heavy (non-hydrogen) atoms. The Morgan fingerprint density at radius 1 is 1.06 bits per heavy atom. The topological polar surface area (TPSA) is 68.2 Å². The van der Waals surface area contributed by atoms with Crippen molar-refractivity contribution in [3.8, 4) is 17.0 Å². The number of carbonyl (C=O) groups excluding carboxylic acids is 1. The molecule has 0 atom stereocenters. The Hall–Kier alpha value is -3.23. The van der Waals surface area contributed by atoms with Crippen LogP contribution in [0.4, 0.5) is 10.8 Å². The summed E-state index contributed by atoms with van der Waals surface area (Å²) in [7, 11) is 1.59. The fourth-order valence-electron chi connectivity index (χ4n) is 3.19. The van der Waals surface area contributed by atoms with E-state index in [0.29, 0.717) is 27.5 Å². The van der Waals surface area contributed by atoms with Gasteiger partial charge in [0.05, 0.1) is 24.2 Å². The maximum absolute atomic E-state index is 12.4. The first-order valence-electron chi connectivity index (χ1n) is 9.97. The lowest BCUT2D eigenvalue weighted by atomic mass is 10.1. The Balaban J connectivity index is 1.54. The molecule has 0 aliphatic heterocycles. The number of anilines is 2. The van der Waals surface area contributed by atoms with Gasteiger partial charge in [-0.15, -0.1) is 11.3 Å². The highest BCUT2D eigenvalue weighted by molar-refractivity contribution is 7.98. The summed E-state index contributed by atoms with van der Waals surface area (Å²) in [6, 6.07) is 19.5. The monoisotopic (exact) mass is 462 g/mol. The number of aromatic nitrogens is 3. The third kappa shape index (κ3) is 4.98. The van der Waals surface area contributed by atoms with Crippen LogP contribution in [0.15, 0.2) is 71.2 Å². The number of aryl methyl sites for hydroxylation is 1. The first-order chi connectivity index (χ1) is 15.5. The lowest BCUT2D eigenvalue weighted by molar-refractivity contribution is -0.115. The molecule has 0 saturated heterocycles. The minimum atomic E-state index is -0.127. The quantitative estimate of drug-likeness (QED) is 0.252. The van der Waals surface area contributed by atoms with Gasteiger partial charge in [0.15, 0.2) is 10.3 Å². The highest BCUT2D eigenvalue weighted by Gasteiger charge is 2.21. The van der Waals surface area contributed by atoms with Gasteiger partial charge < -0.3 is 4.74 Å². The zero-order valence-corrected chi connectivity index (χ0v) is 19.6. The van der Waals surface area contributed by atoms with Crippen LogP contribution in [-0.4, -0.2) is 28.0 Å². The average molecular weight is 463 g/mol. The van der Waals surface area contributed by atoms with Crippen LogP contribution in [0.5, 0.6) is 5.75 Å². The predicted molar refractivity (Wildman–Crippen MR) is 130 cm³/mol. The Morgan fingerprint density at radius 2 is 1.81 bits per heavy atom. The van der Waals surface area contributed by atoms with Crippen LogP contribution in [0.3, 0.4) is 0 Å². The maximum Gasteiger partial charge on any atom is 0.230 e. The highest BCUT2D eigenvalue weighted by Crippen LogP contribution is 2.36. The molecule has 0 aliphatic rings. The van der Waals surface area contributed by atoms with Crippen LogP contribution in [0.2, 0.25) is 0 Å². The number of thioether (sulfide) groups is 1. The van der Waals surface area contributed by atoms with E-state index in [2.05, 4.69) is 4.98 Å². The molecule has 4 aromatic rings. The van der Waals surface area contributed by atoms with Gasteiger partial charge in [-0.25, -0.2) is 15.0 Å². The van der Waals surface area contributed by atoms with E-state index < -0.39 is 0 Å². The molecule has 0 N–H and O–H groups in total. The van der Waals surface area contributed by atoms with Crippen molar-refractivity contribution in [2.24, 2.45) is 0 Å². The maximum atomic E-state index is 12.4. The molecule has 0 radical (unpaired) electrons. The summed E-state index contributed by atoms with van der Waals surface area (Å²) in [5.74, 6) is 1.10. The number of thiazole rings is 1. The lowest BCUT2D eigenvalue weighted by Gasteiger charge is -2.20. The number of hydrogen-bond donors (Lipinski definition) is 0. The van der Waals surface area contributed by atoms with Crippen molar-refractivity contribution in [2.75, 3.05) is 12.0 Å². The number of amides is 1. The molecule has 0 bridgehead atoms. The van der Waals surface area contributed by atoms with Crippen molar-refractivity contribution in [3.05, 3.63) is 77.4 Å². The van der Waals surface area contributed by atoms with Crippen LogP contribution in [0.25, 0.3) is 11.3 Å². The minimum absolute atomic E-state index is 0.127. The van der Waals surface area contributed by atoms with Gasteiger partial charge in [0, 0.05) is 29.3 Å². The molecule has 1 amide bonds. The highest BCUT2D eigenvalue weighted by atomic mass is 32.2. The Morgan fingerprint density at radius 3 is 2.56 bits per heavy atom. The van der Waals surface area contributed by atoms with Gasteiger partial charge in [0.2, 0.25) is 5.91 Å². The van der Waals surface area contributed by atoms with Gasteiger partial charge in [-0.3, -0.25) is 9.69 Å². The summed E-state index contributed by atoms with van der Waals surface area (Å²) in [5.41, 5.74) is 4.41. The lowest BCUT2D eigenvalue weighted by Crippen LogP contribution is -2.23. The number of para-hydroxylation sites is 2. The minimum Gasteiger partial charge on any atom is -0.495 e. The SMILES string of the molecule is COc1ccccc1N(C(C)=O)c1nc(CSc2nc(C)cc(-c3ccccc3)n2)cs1. The summed E-state index contributed by atoms with van der Waals surface area (Å²) in [5, 5.41) is 3.26. The molecule has 2 heterocycles. The van der Waals surface area contributed by atoms with Crippen molar-refractivity contribution in [1.29, 1.82) is 0 Å². The van der Waals surface area contributed by atoms with Crippen molar-refractivity contribution in [1.82, 2.24) is 15.0 Å². The Labute approximate surface area is 195 Å². The van der Waals surface area contributed by atoms with E-state index in [0.717, 1.165) is 22.6 Å². The summed E-state index contributed by atoms with van der Waals surface area (Å²) < 4.78 is 5.43. The second-order valence-corrected chi connectivity index (χ2v) is 8.76. The Kier molecular flexibility index (Phi) is 6.82. The second kappa shape index (κ2) is 9.93. The molecular formula is C24H22N4O2S2.